The van der Waals surface area contributed by atoms with Crippen molar-refractivity contribution in [2.24, 2.45) is 0 Å². The lowest BCUT2D eigenvalue weighted by Gasteiger charge is -2.29. The van der Waals surface area contributed by atoms with Crippen molar-refractivity contribution in [3.05, 3.63) is 18.0 Å². The topological polar surface area (TPSA) is 49.2 Å². The fourth-order valence-corrected chi connectivity index (χ4v) is 2.99. The largest absolute Gasteiger partial charge is 0.481 e. The number of imidazole rings is 1. The lowest BCUT2D eigenvalue weighted by atomic mass is 10.0. The summed E-state index contributed by atoms with van der Waals surface area (Å²) in [5.74, 6) is 1.84. The molecule has 1 fully saturated rings. The Morgan fingerprint density at radius 3 is 3.00 bits per heavy atom. The van der Waals surface area contributed by atoms with Crippen LogP contribution in [0, 0.1) is 0 Å². The molecule has 3 heterocycles. The third kappa shape index (κ3) is 2.36. The van der Waals surface area contributed by atoms with Crippen molar-refractivity contribution in [2.45, 2.75) is 37.8 Å². The molecule has 0 N–H and O–H groups in total. The van der Waals surface area contributed by atoms with E-state index in [-0.39, 0.29) is 6.10 Å². The smallest absolute Gasteiger partial charge is 0.215 e. The Bertz CT molecular complexity index is 614. The van der Waals surface area contributed by atoms with Gasteiger partial charge in [-0.05, 0) is 25.8 Å². The van der Waals surface area contributed by atoms with Crippen molar-refractivity contribution in [3.63, 3.8) is 0 Å². The number of pyridine rings is 1. The highest BCUT2D eigenvalue weighted by molar-refractivity contribution is 6.16. The Hall–Kier alpha value is -1.33. The van der Waals surface area contributed by atoms with E-state index in [0.717, 1.165) is 36.4 Å². The maximum atomic E-state index is 6.06. The van der Waals surface area contributed by atoms with Crippen molar-refractivity contribution in [1.82, 2.24) is 14.5 Å². The Morgan fingerprint density at radius 1 is 1.45 bits per heavy atom. The van der Waals surface area contributed by atoms with Gasteiger partial charge in [0.25, 0.3) is 0 Å². The minimum absolute atomic E-state index is 0.250. The zero-order chi connectivity index (χ0) is 14.1. The predicted molar refractivity (Wildman–Crippen MR) is 77.3 cm³/mol. The summed E-state index contributed by atoms with van der Waals surface area (Å²) >= 11 is 6.06. The van der Waals surface area contributed by atoms with Crippen LogP contribution in [0.2, 0.25) is 0 Å². The van der Waals surface area contributed by atoms with Crippen LogP contribution in [0.1, 0.15) is 31.6 Å². The molecule has 1 aliphatic heterocycles. The SMILES string of the molecule is COc1ccc2nc(CCl)n(C3CCOC(C)C3)c2n1. The number of aromatic nitrogens is 3. The van der Waals surface area contributed by atoms with Gasteiger partial charge < -0.3 is 14.0 Å². The summed E-state index contributed by atoms with van der Waals surface area (Å²) in [6.07, 6.45) is 2.16. The van der Waals surface area contributed by atoms with Crippen molar-refractivity contribution in [1.29, 1.82) is 0 Å². The number of halogens is 1. The monoisotopic (exact) mass is 295 g/mol. The Kier molecular flexibility index (Phi) is 3.81. The van der Waals surface area contributed by atoms with E-state index in [1.165, 1.54) is 0 Å². The number of rotatable bonds is 3. The third-order valence-electron chi connectivity index (χ3n) is 3.74. The van der Waals surface area contributed by atoms with Gasteiger partial charge in [-0.1, -0.05) is 0 Å². The molecule has 0 aliphatic carbocycles. The van der Waals surface area contributed by atoms with Gasteiger partial charge in [0, 0.05) is 18.7 Å². The van der Waals surface area contributed by atoms with Gasteiger partial charge in [0.2, 0.25) is 5.88 Å². The van der Waals surface area contributed by atoms with Gasteiger partial charge in [0.1, 0.15) is 11.3 Å². The number of hydrogen-bond acceptors (Lipinski definition) is 4. The Balaban J connectivity index is 2.10. The van der Waals surface area contributed by atoms with E-state index >= 15 is 0 Å². The molecule has 20 heavy (non-hydrogen) atoms. The van der Waals surface area contributed by atoms with Crippen LogP contribution in [0.3, 0.4) is 0 Å². The molecule has 1 saturated heterocycles. The zero-order valence-corrected chi connectivity index (χ0v) is 12.4. The molecule has 2 aromatic heterocycles. The van der Waals surface area contributed by atoms with Crippen LogP contribution in [-0.4, -0.2) is 34.4 Å². The molecule has 3 rings (SSSR count). The molecule has 108 valence electrons. The van der Waals surface area contributed by atoms with Gasteiger partial charge in [-0.2, -0.15) is 4.98 Å². The van der Waals surface area contributed by atoms with E-state index in [1.54, 1.807) is 7.11 Å². The van der Waals surface area contributed by atoms with Crippen molar-refractivity contribution in [3.8, 4) is 5.88 Å². The number of fused-ring (bicyclic) bond motifs is 1. The standard InChI is InChI=1S/C14H18ClN3O2/c1-9-7-10(5-6-20-9)18-12(8-15)16-11-3-4-13(19-2)17-14(11)18/h3-4,9-10H,5-8H2,1-2H3. The van der Waals surface area contributed by atoms with E-state index < -0.39 is 0 Å². The normalized spacial score (nSPS) is 23.1. The summed E-state index contributed by atoms with van der Waals surface area (Å²) in [5, 5.41) is 0. The second kappa shape index (κ2) is 5.58. The first-order chi connectivity index (χ1) is 9.72. The minimum atomic E-state index is 0.250. The van der Waals surface area contributed by atoms with Crippen LogP contribution in [0.15, 0.2) is 12.1 Å². The number of ether oxygens (including phenoxy) is 2. The summed E-state index contributed by atoms with van der Waals surface area (Å²) in [6.45, 7) is 2.86. The van der Waals surface area contributed by atoms with Gasteiger partial charge in [-0.25, -0.2) is 4.98 Å². The van der Waals surface area contributed by atoms with Crippen molar-refractivity contribution < 1.29 is 9.47 Å². The third-order valence-corrected chi connectivity index (χ3v) is 3.98. The maximum absolute atomic E-state index is 6.06. The highest BCUT2D eigenvalue weighted by atomic mass is 35.5. The van der Waals surface area contributed by atoms with Crippen molar-refractivity contribution in [2.75, 3.05) is 13.7 Å². The average molecular weight is 296 g/mol. The molecule has 0 spiro atoms. The summed E-state index contributed by atoms with van der Waals surface area (Å²) in [7, 11) is 1.62. The molecule has 0 amide bonds. The fraction of sp³-hybridized carbons (Fsp3) is 0.571. The molecular formula is C14H18ClN3O2. The van der Waals surface area contributed by atoms with Crippen LogP contribution in [0.4, 0.5) is 0 Å². The molecular weight excluding hydrogens is 278 g/mol. The summed E-state index contributed by atoms with van der Waals surface area (Å²) in [6, 6.07) is 4.08. The molecule has 0 aromatic carbocycles. The highest BCUT2D eigenvalue weighted by Gasteiger charge is 2.25. The van der Waals surface area contributed by atoms with Crippen LogP contribution in [0.25, 0.3) is 11.2 Å². The second-order valence-corrected chi connectivity index (χ2v) is 5.35. The molecule has 5 nitrogen and oxygen atoms in total. The molecule has 2 aromatic rings. The summed E-state index contributed by atoms with van der Waals surface area (Å²) < 4.78 is 13.0. The first-order valence-corrected chi connectivity index (χ1v) is 7.35. The van der Waals surface area contributed by atoms with E-state index in [4.69, 9.17) is 21.1 Å². The molecule has 0 saturated carbocycles. The van der Waals surface area contributed by atoms with Crippen LogP contribution >= 0.6 is 11.6 Å². The van der Waals surface area contributed by atoms with Gasteiger partial charge in [-0.15, -0.1) is 11.6 Å². The first-order valence-electron chi connectivity index (χ1n) is 6.82. The van der Waals surface area contributed by atoms with Crippen molar-refractivity contribution >= 4 is 22.8 Å². The highest BCUT2D eigenvalue weighted by Crippen LogP contribution is 2.30. The van der Waals surface area contributed by atoms with E-state index in [1.807, 2.05) is 12.1 Å². The van der Waals surface area contributed by atoms with Gasteiger partial charge >= 0.3 is 0 Å². The van der Waals surface area contributed by atoms with Gasteiger partial charge in [-0.3, -0.25) is 0 Å². The van der Waals surface area contributed by atoms with Crippen LogP contribution in [-0.2, 0) is 10.6 Å². The Morgan fingerprint density at radius 2 is 2.30 bits per heavy atom. The number of alkyl halides is 1. The summed E-state index contributed by atoms with van der Waals surface area (Å²) in [4.78, 5) is 9.12. The molecule has 2 unspecified atom stereocenters. The maximum Gasteiger partial charge on any atom is 0.215 e. The van der Waals surface area contributed by atoms with Crippen LogP contribution in [0.5, 0.6) is 5.88 Å². The van der Waals surface area contributed by atoms with E-state index in [0.29, 0.717) is 17.8 Å². The quantitative estimate of drug-likeness (QED) is 0.817. The van der Waals surface area contributed by atoms with Gasteiger partial charge in [0.05, 0.1) is 19.1 Å². The summed E-state index contributed by atoms with van der Waals surface area (Å²) in [5.41, 5.74) is 1.71. The van der Waals surface area contributed by atoms with Crippen LogP contribution < -0.4 is 4.74 Å². The lowest BCUT2D eigenvalue weighted by Crippen LogP contribution is -2.26. The second-order valence-electron chi connectivity index (χ2n) is 5.09. The van der Waals surface area contributed by atoms with Gasteiger partial charge in [0.15, 0.2) is 5.65 Å². The number of methoxy groups -OCH3 is 1. The average Bonchev–Trinajstić information content (AvgIpc) is 2.84. The first kappa shape index (κ1) is 13.6. The lowest BCUT2D eigenvalue weighted by molar-refractivity contribution is 0.00623. The van der Waals surface area contributed by atoms with E-state index in [9.17, 15) is 0 Å². The molecule has 2 atom stereocenters. The fourth-order valence-electron chi connectivity index (χ4n) is 2.80. The van der Waals surface area contributed by atoms with E-state index in [2.05, 4.69) is 21.5 Å². The number of hydrogen-bond donors (Lipinski definition) is 0. The molecule has 6 heteroatoms. The molecule has 1 aliphatic rings. The predicted octanol–water partition coefficient (Wildman–Crippen LogP) is 2.92. The Labute approximate surface area is 122 Å². The number of nitrogens with zero attached hydrogens (tertiary/aromatic N) is 3. The zero-order valence-electron chi connectivity index (χ0n) is 11.7. The molecule has 0 bridgehead atoms. The molecule has 0 radical (unpaired) electrons. The minimum Gasteiger partial charge on any atom is -0.481 e.